The van der Waals surface area contributed by atoms with Gasteiger partial charge < -0.3 is 14.2 Å². The summed E-state index contributed by atoms with van der Waals surface area (Å²) in [5.74, 6) is 0.0145. The largest absolute Gasteiger partial charge is 0.478 e. The van der Waals surface area contributed by atoms with Crippen molar-refractivity contribution in [1.82, 2.24) is 0 Å². The van der Waals surface area contributed by atoms with E-state index in [1.807, 2.05) is 0 Å². The summed E-state index contributed by atoms with van der Waals surface area (Å²) in [7, 11) is 1.50. The van der Waals surface area contributed by atoms with Crippen molar-refractivity contribution in [2.24, 2.45) is 0 Å². The molecule has 0 saturated carbocycles. The summed E-state index contributed by atoms with van der Waals surface area (Å²) in [5.41, 5.74) is 0.626. The normalized spacial score (nSPS) is 24.4. The molecule has 114 valence electrons. The fourth-order valence-electron chi connectivity index (χ4n) is 2.35. The van der Waals surface area contributed by atoms with Crippen molar-refractivity contribution < 1.29 is 27.4 Å². The number of carbonyl (C=O) groups is 1. The third-order valence-corrected chi connectivity index (χ3v) is 4.77. The van der Waals surface area contributed by atoms with Crippen molar-refractivity contribution >= 4 is 25.7 Å². The molecule has 1 saturated heterocycles. The molecule has 2 aliphatic rings. The molecule has 2 heterocycles. The van der Waals surface area contributed by atoms with Gasteiger partial charge in [0.25, 0.3) is 9.05 Å². The van der Waals surface area contributed by atoms with Crippen molar-refractivity contribution in [1.29, 1.82) is 0 Å². The van der Waals surface area contributed by atoms with Crippen LogP contribution in [0.4, 0.5) is 0 Å². The van der Waals surface area contributed by atoms with Crippen LogP contribution in [0.25, 0.3) is 0 Å². The molecule has 0 aromatic heterocycles. The van der Waals surface area contributed by atoms with Gasteiger partial charge in [0.05, 0.1) is 18.1 Å². The molecular formula is C13H13ClO6S. The van der Waals surface area contributed by atoms with Gasteiger partial charge in [0.1, 0.15) is 11.9 Å². The number of fused-ring (bicyclic) bond motifs is 1. The number of halogens is 1. The standard InChI is InChI=1S/C13H13ClO6S/c14-21(16,17)10-1-2-11-8(5-10)6-12(20-11)13(15)19-9-3-4-18-7-9/h1-2,5,9,12H,3-4,6-7H2. The highest BCUT2D eigenvalue weighted by Crippen LogP contribution is 2.32. The summed E-state index contributed by atoms with van der Waals surface area (Å²) in [5, 5.41) is 0. The van der Waals surface area contributed by atoms with Crippen LogP contribution in [0.2, 0.25) is 0 Å². The molecule has 2 atom stereocenters. The van der Waals surface area contributed by atoms with Gasteiger partial charge in [0, 0.05) is 23.5 Å². The Kier molecular flexibility index (Phi) is 3.81. The zero-order valence-electron chi connectivity index (χ0n) is 11.0. The molecule has 3 rings (SSSR count). The molecule has 6 nitrogen and oxygen atoms in total. The van der Waals surface area contributed by atoms with E-state index in [0.717, 1.165) is 0 Å². The van der Waals surface area contributed by atoms with Crippen LogP contribution in [-0.2, 0) is 29.7 Å². The maximum atomic E-state index is 12.0. The van der Waals surface area contributed by atoms with Crippen molar-refractivity contribution in [2.45, 2.75) is 29.9 Å². The first-order valence-electron chi connectivity index (χ1n) is 6.46. The fraction of sp³-hybridized carbons (Fsp3) is 0.462. The van der Waals surface area contributed by atoms with E-state index >= 15 is 0 Å². The van der Waals surface area contributed by atoms with Crippen LogP contribution in [0.15, 0.2) is 23.1 Å². The van der Waals surface area contributed by atoms with Crippen LogP contribution in [0.1, 0.15) is 12.0 Å². The van der Waals surface area contributed by atoms with E-state index in [2.05, 4.69) is 0 Å². The second kappa shape index (κ2) is 5.47. The van der Waals surface area contributed by atoms with Gasteiger partial charge in [0.15, 0.2) is 6.10 Å². The Balaban J connectivity index is 1.70. The minimum Gasteiger partial charge on any atom is -0.478 e. The quantitative estimate of drug-likeness (QED) is 0.612. The fourth-order valence-corrected chi connectivity index (χ4v) is 3.16. The highest BCUT2D eigenvalue weighted by Gasteiger charge is 2.33. The first kappa shape index (κ1) is 14.6. The molecule has 2 aliphatic heterocycles. The van der Waals surface area contributed by atoms with E-state index in [9.17, 15) is 13.2 Å². The van der Waals surface area contributed by atoms with Crippen molar-refractivity contribution in [2.75, 3.05) is 13.2 Å². The lowest BCUT2D eigenvalue weighted by atomic mass is 10.1. The maximum Gasteiger partial charge on any atom is 0.348 e. The number of rotatable bonds is 3. The Morgan fingerprint density at radius 3 is 2.86 bits per heavy atom. The van der Waals surface area contributed by atoms with Crippen molar-refractivity contribution in [3.63, 3.8) is 0 Å². The Morgan fingerprint density at radius 2 is 2.19 bits per heavy atom. The minimum atomic E-state index is -3.80. The number of hydrogen-bond acceptors (Lipinski definition) is 6. The van der Waals surface area contributed by atoms with Gasteiger partial charge in [-0.15, -0.1) is 0 Å². The molecule has 2 unspecified atom stereocenters. The van der Waals surface area contributed by atoms with Crippen LogP contribution < -0.4 is 4.74 Å². The molecule has 0 amide bonds. The summed E-state index contributed by atoms with van der Waals surface area (Å²) in [6.45, 7) is 0.987. The molecule has 21 heavy (non-hydrogen) atoms. The monoisotopic (exact) mass is 332 g/mol. The van der Waals surface area contributed by atoms with Gasteiger partial charge in [-0.1, -0.05) is 0 Å². The third kappa shape index (κ3) is 3.14. The van der Waals surface area contributed by atoms with Crippen LogP contribution in [0.5, 0.6) is 5.75 Å². The number of benzene rings is 1. The van der Waals surface area contributed by atoms with Crippen LogP contribution in [0.3, 0.4) is 0 Å². The number of carbonyl (C=O) groups excluding carboxylic acids is 1. The van der Waals surface area contributed by atoms with E-state index in [4.69, 9.17) is 24.9 Å². The molecule has 0 spiro atoms. The van der Waals surface area contributed by atoms with Gasteiger partial charge in [-0.3, -0.25) is 0 Å². The molecule has 1 aromatic rings. The number of esters is 1. The summed E-state index contributed by atoms with van der Waals surface area (Å²) in [6.07, 6.45) is -0.0420. The highest BCUT2D eigenvalue weighted by molar-refractivity contribution is 8.13. The van der Waals surface area contributed by atoms with Gasteiger partial charge in [-0.25, -0.2) is 13.2 Å². The van der Waals surface area contributed by atoms with Crippen LogP contribution in [-0.4, -0.2) is 39.8 Å². The average molecular weight is 333 g/mol. The molecule has 0 radical (unpaired) electrons. The molecule has 0 bridgehead atoms. The first-order valence-corrected chi connectivity index (χ1v) is 8.77. The van der Waals surface area contributed by atoms with E-state index in [0.29, 0.717) is 30.9 Å². The van der Waals surface area contributed by atoms with E-state index in [1.54, 1.807) is 0 Å². The topological polar surface area (TPSA) is 78.9 Å². The molecule has 8 heteroatoms. The SMILES string of the molecule is O=C(OC1CCOC1)C1Cc2cc(S(=O)(=O)Cl)ccc2O1. The van der Waals surface area contributed by atoms with Gasteiger partial charge >= 0.3 is 5.97 Å². The van der Waals surface area contributed by atoms with Crippen molar-refractivity contribution in [3.8, 4) is 5.75 Å². The molecule has 0 N–H and O–H groups in total. The Bertz CT molecular complexity index is 665. The predicted molar refractivity (Wildman–Crippen MR) is 72.9 cm³/mol. The first-order chi connectivity index (χ1) is 9.93. The lowest BCUT2D eigenvalue weighted by Gasteiger charge is -2.14. The predicted octanol–water partition coefficient (Wildman–Crippen LogP) is 1.25. The lowest BCUT2D eigenvalue weighted by molar-refractivity contribution is -0.156. The van der Waals surface area contributed by atoms with Crippen LogP contribution in [0, 0.1) is 0 Å². The molecule has 1 aromatic carbocycles. The van der Waals surface area contributed by atoms with Crippen molar-refractivity contribution in [3.05, 3.63) is 23.8 Å². The molecular weight excluding hydrogens is 320 g/mol. The lowest BCUT2D eigenvalue weighted by Crippen LogP contribution is -2.31. The summed E-state index contributed by atoms with van der Waals surface area (Å²) in [6, 6.07) is 4.26. The summed E-state index contributed by atoms with van der Waals surface area (Å²) in [4.78, 5) is 12.0. The molecule has 1 fully saturated rings. The Hall–Kier alpha value is -1.31. The average Bonchev–Trinajstić information content (AvgIpc) is 3.04. The number of ether oxygens (including phenoxy) is 3. The summed E-state index contributed by atoms with van der Waals surface area (Å²) >= 11 is 0. The maximum absolute atomic E-state index is 12.0. The summed E-state index contributed by atoms with van der Waals surface area (Å²) < 4.78 is 38.5. The Morgan fingerprint density at radius 1 is 1.38 bits per heavy atom. The zero-order chi connectivity index (χ0) is 15.0. The van der Waals surface area contributed by atoms with E-state index in [-0.39, 0.29) is 17.4 Å². The van der Waals surface area contributed by atoms with Gasteiger partial charge in [0.2, 0.25) is 0 Å². The van der Waals surface area contributed by atoms with Gasteiger partial charge in [-0.2, -0.15) is 0 Å². The second-order valence-electron chi connectivity index (χ2n) is 4.94. The third-order valence-electron chi connectivity index (χ3n) is 3.42. The van der Waals surface area contributed by atoms with E-state index < -0.39 is 21.1 Å². The zero-order valence-corrected chi connectivity index (χ0v) is 12.5. The van der Waals surface area contributed by atoms with Gasteiger partial charge in [-0.05, 0) is 23.8 Å². The number of hydrogen-bond donors (Lipinski definition) is 0. The second-order valence-corrected chi connectivity index (χ2v) is 7.51. The minimum absolute atomic E-state index is 0.00951. The van der Waals surface area contributed by atoms with Crippen LogP contribution >= 0.6 is 10.7 Å². The smallest absolute Gasteiger partial charge is 0.348 e. The van der Waals surface area contributed by atoms with E-state index in [1.165, 1.54) is 18.2 Å². The molecule has 0 aliphatic carbocycles. The highest BCUT2D eigenvalue weighted by atomic mass is 35.7. The Labute approximate surface area is 126 Å².